The molecule has 2 fully saturated rings. The van der Waals surface area contributed by atoms with Crippen molar-refractivity contribution >= 4 is 5.91 Å². The van der Waals surface area contributed by atoms with Gasteiger partial charge in [-0.3, -0.25) is 10.1 Å². The third-order valence-corrected chi connectivity index (χ3v) is 3.13. The second-order valence-corrected chi connectivity index (χ2v) is 5.05. The van der Waals surface area contributed by atoms with Crippen molar-refractivity contribution in [3.8, 4) is 0 Å². The van der Waals surface area contributed by atoms with E-state index in [9.17, 15) is 18.0 Å². The van der Waals surface area contributed by atoms with Crippen molar-refractivity contribution < 1.29 is 36.9 Å². The number of hydrogen-bond acceptors (Lipinski definition) is 5. The molecule has 6 nitrogen and oxygen atoms in total. The summed E-state index contributed by atoms with van der Waals surface area (Å²) < 4.78 is 58.6. The van der Waals surface area contributed by atoms with Gasteiger partial charge in [0.1, 0.15) is 6.61 Å². The molecule has 3 unspecified atom stereocenters. The molecule has 0 spiro atoms. The normalized spacial score (nSPS) is 33.3. The van der Waals surface area contributed by atoms with Crippen molar-refractivity contribution in [2.24, 2.45) is 0 Å². The van der Waals surface area contributed by atoms with E-state index >= 15 is 0 Å². The summed E-state index contributed by atoms with van der Waals surface area (Å²) in [6.07, 6.45) is -4.01. The van der Waals surface area contributed by atoms with E-state index in [2.05, 4.69) is 4.74 Å². The van der Waals surface area contributed by atoms with Gasteiger partial charge < -0.3 is 18.9 Å². The van der Waals surface area contributed by atoms with Gasteiger partial charge in [0.2, 0.25) is 5.91 Å². The number of nitrogens with one attached hydrogen (secondary N) is 1. The lowest BCUT2D eigenvalue weighted by Crippen LogP contribution is -2.60. The molecule has 1 N–H and O–H groups in total. The Kier molecular flexibility index (Phi) is 5.07. The first-order valence-electron chi connectivity index (χ1n) is 6.71. The Morgan fingerprint density at radius 3 is 2.76 bits per heavy atom. The number of hydrogen-bond donors (Lipinski definition) is 1. The minimum Gasteiger partial charge on any atom is -0.376 e. The monoisotopic (exact) mass is 313 g/mol. The van der Waals surface area contributed by atoms with Gasteiger partial charge in [-0.15, -0.1) is 0 Å². The van der Waals surface area contributed by atoms with Crippen LogP contribution in [0.1, 0.15) is 19.8 Å². The zero-order valence-corrected chi connectivity index (χ0v) is 11.6. The maximum absolute atomic E-state index is 13.0. The Morgan fingerprint density at radius 2 is 2.24 bits per heavy atom. The summed E-state index contributed by atoms with van der Waals surface area (Å²) in [5.74, 6) is -4.05. The first kappa shape index (κ1) is 16.5. The summed E-state index contributed by atoms with van der Waals surface area (Å²) in [5, 5.41) is 1.71. The maximum Gasteiger partial charge on any atom is 0.465 e. The van der Waals surface area contributed by atoms with Gasteiger partial charge in [-0.1, -0.05) is 0 Å². The molecule has 2 aliphatic heterocycles. The average molecular weight is 313 g/mol. The lowest BCUT2D eigenvalue weighted by atomic mass is 10.2. The third-order valence-electron chi connectivity index (χ3n) is 3.13. The quantitative estimate of drug-likeness (QED) is 0.818. The van der Waals surface area contributed by atoms with Crippen molar-refractivity contribution in [1.82, 2.24) is 5.32 Å². The van der Waals surface area contributed by atoms with Crippen LogP contribution in [0.3, 0.4) is 0 Å². The van der Waals surface area contributed by atoms with E-state index in [-0.39, 0.29) is 19.3 Å². The second kappa shape index (κ2) is 6.47. The SMILES string of the molecule is CC1COC(NC(=O)COCC2CCCO2)(C(F)(F)F)O1. The van der Waals surface area contributed by atoms with Crippen LogP contribution >= 0.6 is 0 Å². The van der Waals surface area contributed by atoms with Crippen LogP contribution in [-0.4, -0.2) is 56.6 Å². The van der Waals surface area contributed by atoms with Gasteiger partial charge in [-0.05, 0) is 19.8 Å². The number of amides is 1. The van der Waals surface area contributed by atoms with Crippen LogP contribution in [0.15, 0.2) is 0 Å². The van der Waals surface area contributed by atoms with Crippen LogP contribution in [-0.2, 0) is 23.7 Å². The Balaban J connectivity index is 1.81. The summed E-state index contributed by atoms with van der Waals surface area (Å²) in [6, 6.07) is 0. The molecule has 122 valence electrons. The number of rotatable bonds is 5. The molecule has 21 heavy (non-hydrogen) atoms. The molecule has 0 aromatic rings. The van der Waals surface area contributed by atoms with E-state index in [1.54, 1.807) is 5.32 Å². The van der Waals surface area contributed by atoms with Gasteiger partial charge in [0.25, 0.3) is 0 Å². The van der Waals surface area contributed by atoms with E-state index in [0.29, 0.717) is 6.61 Å². The largest absolute Gasteiger partial charge is 0.465 e. The Morgan fingerprint density at radius 1 is 1.48 bits per heavy atom. The topological polar surface area (TPSA) is 66.0 Å². The molecule has 0 radical (unpaired) electrons. The molecule has 0 aromatic carbocycles. The number of carbonyl (C=O) groups excluding carboxylic acids is 1. The zero-order chi connectivity index (χ0) is 15.5. The first-order chi connectivity index (χ1) is 9.82. The summed E-state index contributed by atoms with van der Waals surface area (Å²) in [7, 11) is 0. The van der Waals surface area contributed by atoms with Crippen molar-refractivity contribution in [3.05, 3.63) is 0 Å². The summed E-state index contributed by atoms with van der Waals surface area (Å²) in [5.41, 5.74) is 0. The molecule has 2 saturated heterocycles. The molecular formula is C12H18F3NO5. The highest BCUT2D eigenvalue weighted by Crippen LogP contribution is 2.37. The molecule has 0 saturated carbocycles. The lowest BCUT2D eigenvalue weighted by Gasteiger charge is -2.30. The highest BCUT2D eigenvalue weighted by atomic mass is 19.4. The number of halogens is 3. The Hall–Kier alpha value is -0.900. The molecule has 3 atom stereocenters. The predicted molar refractivity (Wildman–Crippen MR) is 63.2 cm³/mol. The van der Waals surface area contributed by atoms with Crippen LogP contribution in [0.25, 0.3) is 0 Å². The van der Waals surface area contributed by atoms with Crippen LogP contribution in [0.5, 0.6) is 0 Å². The maximum atomic E-state index is 13.0. The molecule has 9 heteroatoms. The summed E-state index contributed by atoms with van der Waals surface area (Å²) >= 11 is 0. The minimum absolute atomic E-state index is 0.103. The van der Waals surface area contributed by atoms with Crippen LogP contribution in [0, 0.1) is 0 Å². The second-order valence-electron chi connectivity index (χ2n) is 5.05. The Labute approximate surface area is 119 Å². The predicted octanol–water partition coefficient (Wildman–Crippen LogP) is 0.950. The molecule has 2 heterocycles. The average Bonchev–Trinajstić information content (AvgIpc) is 2.99. The molecule has 0 aliphatic carbocycles. The smallest absolute Gasteiger partial charge is 0.376 e. The number of alkyl halides is 3. The van der Waals surface area contributed by atoms with Gasteiger partial charge in [0.15, 0.2) is 0 Å². The fraction of sp³-hybridized carbons (Fsp3) is 0.917. The molecule has 1 amide bonds. The number of carbonyl (C=O) groups is 1. The van der Waals surface area contributed by atoms with Gasteiger partial charge in [-0.2, -0.15) is 13.2 Å². The van der Waals surface area contributed by atoms with Crippen molar-refractivity contribution in [1.29, 1.82) is 0 Å². The lowest BCUT2D eigenvalue weighted by molar-refractivity contribution is -0.357. The number of ether oxygens (including phenoxy) is 4. The fourth-order valence-corrected chi connectivity index (χ4v) is 2.15. The zero-order valence-electron chi connectivity index (χ0n) is 11.6. The van der Waals surface area contributed by atoms with Crippen molar-refractivity contribution in [2.75, 3.05) is 26.4 Å². The van der Waals surface area contributed by atoms with Gasteiger partial charge >= 0.3 is 12.1 Å². The molecular weight excluding hydrogens is 295 g/mol. The highest BCUT2D eigenvalue weighted by molar-refractivity contribution is 5.77. The van der Waals surface area contributed by atoms with Crippen LogP contribution in [0.4, 0.5) is 13.2 Å². The van der Waals surface area contributed by atoms with Gasteiger partial charge in [0.05, 0.1) is 25.4 Å². The van der Waals surface area contributed by atoms with Crippen molar-refractivity contribution in [2.45, 2.75) is 44.1 Å². The summed E-state index contributed by atoms with van der Waals surface area (Å²) in [6.45, 7) is 1.46. The standard InChI is InChI=1S/C12H18F3NO5/c1-8-5-20-12(21-8,11(13,14)15)16-10(17)7-18-6-9-3-2-4-19-9/h8-9H,2-7H2,1H3,(H,16,17). The third kappa shape index (κ3) is 4.06. The van der Waals surface area contributed by atoms with E-state index in [1.807, 2.05) is 0 Å². The molecule has 2 aliphatic rings. The van der Waals surface area contributed by atoms with Gasteiger partial charge in [-0.25, -0.2) is 0 Å². The Bertz CT molecular complexity index is 372. The van der Waals surface area contributed by atoms with Crippen LogP contribution in [0.2, 0.25) is 0 Å². The van der Waals surface area contributed by atoms with Crippen LogP contribution < -0.4 is 5.32 Å². The summed E-state index contributed by atoms with van der Waals surface area (Å²) in [4.78, 5) is 11.6. The molecule has 0 bridgehead atoms. The molecule has 2 rings (SSSR count). The van der Waals surface area contributed by atoms with Crippen molar-refractivity contribution in [3.63, 3.8) is 0 Å². The van der Waals surface area contributed by atoms with Gasteiger partial charge in [0, 0.05) is 6.61 Å². The fourth-order valence-electron chi connectivity index (χ4n) is 2.15. The van der Waals surface area contributed by atoms with E-state index in [1.165, 1.54) is 6.92 Å². The molecule has 0 aromatic heterocycles. The first-order valence-corrected chi connectivity index (χ1v) is 6.71. The van der Waals surface area contributed by atoms with E-state index in [0.717, 1.165) is 12.8 Å². The highest BCUT2D eigenvalue weighted by Gasteiger charge is 2.63. The van der Waals surface area contributed by atoms with E-state index < -0.39 is 30.7 Å². The van der Waals surface area contributed by atoms with E-state index in [4.69, 9.17) is 14.2 Å². The minimum atomic E-state index is -4.87.